The number of benzene rings is 2. The summed E-state index contributed by atoms with van der Waals surface area (Å²) in [6, 6.07) is 14.2. The predicted octanol–water partition coefficient (Wildman–Crippen LogP) is 4.09. The van der Waals surface area contributed by atoms with Crippen LogP contribution in [0.5, 0.6) is 0 Å². The van der Waals surface area contributed by atoms with Gasteiger partial charge in [0.15, 0.2) is 0 Å². The molecule has 0 aliphatic rings. The van der Waals surface area contributed by atoms with Crippen LogP contribution < -0.4 is 4.90 Å². The second-order valence-corrected chi connectivity index (χ2v) is 5.72. The topological polar surface area (TPSA) is 44.1 Å². The lowest BCUT2D eigenvalue weighted by Crippen LogP contribution is -2.27. The molecule has 0 unspecified atom stereocenters. The number of hydrogen-bond donors (Lipinski definition) is 0. The Morgan fingerprint density at radius 1 is 1.30 bits per heavy atom. The average molecular weight is 397 g/mol. The molecule has 2 rings (SSSR count). The van der Waals surface area contributed by atoms with Crippen LogP contribution in [0.4, 0.5) is 5.69 Å². The lowest BCUT2D eigenvalue weighted by atomic mass is 10.1. The zero-order chi connectivity index (χ0) is 14.7. The van der Waals surface area contributed by atoms with Crippen LogP contribution in [0.2, 0.25) is 5.02 Å². The monoisotopic (exact) mass is 396 g/mol. The molecule has 20 heavy (non-hydrogen) atoms. The van der Waals surface area contributed by atoms with E-state index in [9.17, 15) is 4.79 Å². The summed E-state index contributed by atoms with van der Waals surface area (Å²) in [5.74, 6) is -0.195. The second kappa shape index (κ2) is 6.25. The minimum atomic E-state index is -0.195. The Balaban J connectivity index is 2.43. The molecule has 3 nitrogen and oxygen atoms in total. The summed E-state index contributed by atoms with van der Waals surface area (Å²) < 4.78 is 0.818. The number of carbonyl (C=O) groups excluding carboxylic acids is 1. The van der Waals surface area contributed by atoms with Crippen LogP contribution in [0.25, 0.3) is 0 Å². The maximum atomic E-state index is 12.5. The fourth-order valence-corrected chi connectivity index (χ4v) is 2.55. The molecule has 0 saturated heterocycles. The Morgan fingerprint density at radius 3 is 2.70 bits per heavy atom. The van der Waals surface area contributed by atoms with Gasteiger partial charge in [0.1, 0.15) is 6.07 Å². The van der Waals surface area contributed by atoms with Crippen molar-refractivity contribution in [3.05, 3.63) is 62.2 Å². The number of halogens is 2. The lowest BCUT2D eigenvalue weighted by molar-refractivity contribution is 0.0992. The maximum absolute atomic E-state index is 12.5. The van der Waals surface area contributed by atoms with Crippen LogP contribution in [0.3, 0.4) is 0 Å². The number of nitriles is 1. The predicted molar refractivity (Wildman–Crippen MR) is 88.1 cm³/mol. The van der Waals surface area contributed by atoms with Crippen molar-refractivity contribution >= 4 is 45.8 Å². The van der Waals surface area contributed by atoms with Crippen molar-refractivity contribution in [2.24, 2.45) is 0 Å². The molecule has 0 aliphatic heterocycles. The van der Waals surface area contributed by atoms with E-state index < -0.39 is 0 Å². The number of nitrogens with zero attached hydrogens (tertiary/aromatic N) is 2. The standard InChI is InChI=1S/C15H10ClIN2O/c1-19(14-5-3-2-4-10(14)9-18)15(20)12-8-11(16)6-7-13(12)17/h2-8H,1H3. The van der Waals surface area contributed by atoms with Crippen molar-refractivity contribution in [1.29, 1.82) is 5.26 Å². The van der Waals surface area contributed by atoms with Gasteiger partial charge in [-0.05, 0) is 52.9 Å². The van der Waals surface area contributed by atoms with E-state index in [4.69, 9.17) is 16.9 Å². The van der Waals surface area contributed by atoms with Crippen molar-refractivity contribution in [2.75, 3.05) is 11.9 Å². The summed E-state index contributed by atoms with van der Waals surface area (Å²) in [6.07, 6.45) is 0. The van der Waals surface area contributed by atoms with Crippen LogP contribution >= 0.6 is 34.2 Å². The summed E-state index contributed by atoms with van der Waals surface area (Å²) in [6.45, 7) is 0. The third kappa shape index (κ3) is 2.94. The smallest absolute Gasteiger partial charge is 0.259 e. The largest absolute Gasteiger partial charge is 0.310 e. The fourth-order valence-electron chi connectivity index (χ4n) is 1.81. The number of carbonyl (C=O) groups is 1. The van der Waals surface area contributed by atoms with Crippen LogP contribution in [-0.4, -0.2) is 13.0 Å². The maximum Gasteiger partial charge on any atom is 0.259 e. The summed E-state index contributed by atoms with van der Waals surface area (Å²) in [4.78, 5) is 14.0. The van der Waals surface area contributed by atoms with Crippen molar-refractivity contribution in [1.82, 2.24) is 0 Å². The summed E-state index contributed by atoms with van der Waals surface area (Å²) >= 11 is 8.04. The number of amides is 1. The molecule has 0 saturated carbocycles. The van der Waals surface area contributed by atoms with Gasteiger partial charge in [-0.3, -0.25) is 4.79 Å². The highest BCUT2D eigenvalue weighted by molar-refractivity contribution is 14.1. The van der Waals surface area contributed by atoms with Crippen LogP contribution in [0.1, 0.15) is 15.9 Å². The van der Waals surface area contributed by atoms with Crippen molar-refractivity contribution in [3.63, 3.8) is 0 Å². The van der Waals surface area contributed by atoms with Gasteiger partial charge in [0.25, 0.3) is 5.91 Å². The van der Waals surface area contributed by atoms with E-state index in [1.807, 2.05) is 0 Å². The normalized spacial score (nSPS) is 9.90. The highest BCUT2D eigenvalue weighted by Crippen LogP contribution is 2.24. The van der Waals surface area contributed by atoms with E-state index in [2.05, 4.69) is 28.7 Å². The zero-order valence-electron chi connectivity index (χ0n) is 10.6. The molecule has 0 heterocycles. The van der Waals surface area contributed by atoms with E-state index in [1.165, 1.54) is 4.90 Å². The molecule has 2 aromatic carbocycles. The highest BCUT2D eigenvalue weighted by Gasteiger charge is 2.18. The van der Waals surface area contributed by atoms with Crippen molar-refractivity contribution < 1.29 is 4.79 Å². The Hall–Kier alpha value is -1.58. The van der Waals surface area contributed by atoms with Gasteiger partial charge >= 0.3 is 0 Å². The van der Waals surface area contributed by atoms with Crippen molar-refractivity contribution in [2.45, 2.75) is 0 Å². The Kier molecular flexibility index (Phi) is 4.63. The van der Waals surface area contributed by atoms with Crippen LogP contribution in [0.15, 0.2) is 42.5 Å². The van der Waals surface area contributed by atoms with Gasteiger partial charge in [-0.15, -0.1) is 0 Å². The number of para-hydroxylation sites is 1. The van der Waals surface area contributed by atoms with E-state index in [0.29, 0.717) is 21.8 Å². The molecule has 0 atom stereocenters. The van der Waals surface area contributed by atoms with Gasteiger partial charge in [0.05, 0.1) is 16.8 Å². The first-order valence-electron chi connectivity index (χ1n) is 5.77. The van der Waals surface area contributed by atoms with Gasteiger partial charge in [0.2, 0.25) is 0 Å². The van der Waals surface area contributed by atoms with Crippen LogP contribution in [-0.2, 0) is 0 Å². The molecule has 100 valence electrons. The third-order valence-corrected chi connectivity index (χ3v) is 4.03. The Labute approximate surface area is 135 Å². The second-order valence-electron chi connectivity index (χ2n) is 4.12. The molecule has 0 bridgehead atoms. The van der Waals surface area contributed by atoms with Gasteiger partial charge in [0, 0.05) is 15.6 Å². The molecule has 0 fully saturated rings. The first-order valence-corrected chi connectivity index (χ1v) is 7.22. The molecule has 1 amide bonds. The average Bonchev–Trinajstić information content (AvgIpc) is 2.48. The van der Waals surface area contributed by atoms with Gasteiger partial charge in [-0.2, -0.15) is 5.26 Å². The van der Waals surface area contributed by atoms with E-state index in [1.54, 1.807) is 49.5 Å². The molecule has 0 aliphatic carbocycles. The molecular weight excluding hydrogens is 387 g/mol. The van der Waals surface area contributed by atoms with E-state index in [-0.39, 0.29) is 5.91 Å². The van der Waals surface area contributed by atoms with Gasteiger partial charge in [-0.25, -0.2) is 0 Å². The van der Waals surface area contributed by atoms with Crippen LogP contribution in [0, 0.1) is 14.9 Å². The number of rotatable bonds is 2. The first-order chi connectivity index (χ1) is 9.54. The SMILES string of the molecule is CN(C(=O)c1cc(Cl)ccc1I)c1ccccc1C#N. The first kappa shape index (κ1) is 14.8. The Morgan fingerprint density at radius 2 is 2.00 bits per heavy atom. The van der Waals surface area contributed by atoms with Gasteiger partial charge < -0.3 is 4.90 Å². The minimum Gasteiger partial charge on any atom is -0.310 e. The van der Waals surface area contributed by atoms with E-state index >= 15 is 0 Å². The summed E-state index contributed by atoms with van der Waals surface area (Å²) in [5, 5.41) is 9.62. The highest BCUT2D eigenvalue weighted by atomic mass is 127. The van der Waals surface area contributed by atoms with Crippen molar-refractivity contribution in [3.8, 4) is 6.07 Å². The Bertz CT molecular complexity index is 709. The molecule has 0 radical (unpaired) electrons. The lowest BCUT2D eigenvalue weighted by Gasteiger charge is -2.19. The molecule has 0 N–H and O–H groups in total. The minimum absolute atomic E-state index is 0.195. The molecule has 2 aromatic rings. The fraction of sp³-hybridized carbons (Fsp3) is 0.0667. The quantitative estimate of drug-likeness (QED) is 0.718. The molecule has 0 aromatic heterocycles. The number of hydrogen-bond acceptors (Lipinski definition) is 2. The van der Waals surface area contributed by atoms with Gasteiger partial charge in [-0.1, -0.05) is 23.7 Å². The number of anilines is 1. The summed E-state index contributed by atoms with van der Waals surface area (Å²) in [5.41, 5.74) is 1.56. The molecular formula is C15H10ClIN2O. The zero-order valence-corrected chi connectivity index (χ0v) is 13.5. The third-order valence-electron chi connectivity index (χ3n) is 2.85. The molecule has 5 heteroatoms. The summed E-state index contributed by atoms with van der Waals surface area (Å²) in [7, 11) is 1.65. The van der Waals surface area contributed by atoms with E-state index in [0.717, 1.165) is 3.57 Å². The molecule has 0 spiro atoms.